The van der Waals surface area contributed by atoms with Gasteiger partial charge >= 0.3 is 5.97 Å². The zero-order valence-corrected chi connectivity index (χ0v) is 13.4. The predicted molar refractivity (Wildman–Crippen MR) is 87.4 cm³/mol. The average molecular weight is 314 g/mol. The van der Waals surface area contributed by atoms with Gasteiger partial charge in [0.05, 0.1) is 31.9 Å². The number of carbonyl (C=O) groups is 1. The van der Waals surface area contributed by atoms with Crippen molar-refractivity contribution in [3.05, 3.63) is 42.0 Å². The van der Waals surface area contributed by atoms with Crippen LogP contribution in [0.15, 0.2) is 36.4 Å². The number of benzene rings is 1. The van der Waals surface area contributed by atoms with Gasteiger partial charge in [-0.25, -0.2) is 0 Å². The highest BCUT2D eigenvalue weighted by Gasteiger charge is 2.33. The molecule has 1 aliphatic heterocycles. The van der Waals surface area contributed by atoms with Crippen molar-refractivity contribution in [2.75, 3.05) is 32.9 Å². The molecule has 0 radical (unpaired) electrons. The minimum Gasteiger partial charge on any atom is -0.465 e. The van der Waals surface area contributed by atoms with Gasteiger partial charge in [-0.05, 0) is 12.5 Å². The molecule has 2 atom stereocenters. The largest absolute Gasteiger partial charge is 0.465 e. The summed E-state index contributed by atoms with van der Waals surface area (Å²) in [4.78, 5) is 14.2. The molecule has 122 valence electrons. The number of carbonyl (C=O) groups excluding carboxylic acids is 1. The van der Waals surface area contributed by atoms with Gasteiger partial charge in [-0.15, -0.1) is 0 Å². The smallest absolute Gasteiger partial charge is 0.325 e. The van der Waals surface area contributed by atoms with E-state index in [-0.39, 0.29) is 12.6 Å². The monoisotopic (exact) mass is 314 g/mol. The fourth-order valence-electron chi connectivity index (χ4n) is 2.59. The summed E-state index contributed by atoms with van der Waals surface area (Å²) in [6.45, 7) is 4.63. The molecule has 0 bridgehead atoms. The summed E-state index contributed by atoms with van der Waals surface area (Å²) < 4.78 is 10.4. The van der Waals surface area contributed by atoms with Crippen molar-refractivity contribution in [2.24, 2.45) is 5.92 Å². The molecule has 1 heterocycles. The van der Waals surface area contributed by atoms with Crippen molar-refractivity contribution in [2.45, 2.75) is 13.0 Å². The lowest BCUT2D eigenvalue weighted by atomic mass is 9.98. The lowest BCUT2D eigenvalue weighted by Crippen LogP contribution is -2.48. The second kappa shape index (κ2) is 9.09. The minimum atomic E-state index is -0.840. The zero-order valence-electron chi connectivity index (χ0n) is 13.4. The maximum Gasteiger partial charge on any atom is 0.325 e. The molecule has 0 N–H and O–H groups in total. The van der Waals surface area contributed by atoms with E-state index in [4.69, 9.17) is 9.47 Å². The van der Waals surface area contributed by atoms with Crippen LogP contribution in [0.4, 0.5) is 0 Å². The lowest BCUT2D eigenvalue weighted by Gasteiger charge is -2.34. The van der Waals surface area contributed by atoms with E-state index in [9.17, 15) is 10.1 Å². The first-order chi connectivity index (χ1) is 11.3. The Balaban J connectivity index is 2.21. The first kappa shape index (κ1) is 17.2. The molecular weight excluding hydrogens is 292 g/mol. The van der Waals surface area contributed by atoms with Crippen LogP contribution in [0.3, 0.4) is 0 Å². The number of nitriles is 1. The fraction of sp³-hybridized carbons (Fsp3) is 0.444. The second-order valence-electron chi connectivity index (χ2n) is 5.27. The third kappa shape index (κ3) is 4.92. The van der Waals surface area contributed by atoms with E-state index in [0.717, 1.165) is 5.56 Å². The van der Waals surface area contributed by atoms with Crippen molar-refractivity contribution in [3.8, 4) is 6.07 Å². The van der Waals surface area contributed by atoms with Gasteiger partial charge in [-0.3, -0.25) is 9.69 Å². The number of esters is 1. The van der Waals surface area contributed by atoms with Crippen molar-refractivity contribution in [3.63, 3.8) is 0 Å². The molecule has 5 heteroatoms. The molecule has 2 rings (SSSR count). The third-order valence-corrected chi connectivity index (χ3v) is 3.77. The highest BCUT2D eigenvalue weighted by Crippen LogP contribution is 2.18. The molecule has 23 heavy (non-hydrogen) atoms. The maximum atomic E-state index is 12.1. The summed E-state index contributed by atoms with van der Waals surface area (Å²) in [5.74, 6) is -1.31. The van der Waals surface area contributed by atoms with Crippen LogP contribution in [-0.4, -0.2) is 49.8 Å². The highest BCUT2D eigenvalue weighted by molar-refractivity contribution is 5.77. The quantitative estimate of drug-likeness (QED) is 0.753. The third-order valence-electron chi connectivity index (χ3n) is 3.77. The van der Waals surface area contributed by atoms with Gasteiger partial charge in [0.1, 0.15) is 0 Å². The van der Waals surface area contributed by atoms with Crippen LogP contribution in [0, 0.1) is 17.2 Å². The number of hydrogen-bond acceptors (Lipinski definition) is 5. The van der Waals surface area contributed by atoms with Gasteiger partial charge in [-0.2, -0.15) is 5.26 Å². The van der Waals surface area contributed by atoms with Crippen LogP contribution in [0.5, 0.6) is 0 Å². The molecule has 1 fully saturated rings. The first-order valence-corrected chi connectivity index (χ1v) is 7.87. The van der Waals surface area contributed by atoms with Crippen molar-refractivity contribution >= 4 is 12.0 Å². The molecule has 1 aromatic carbocycles. The molecule has 0 unspecified atom stereocenters. The van der Waals surface area contributed by atoms with Gasteiger partial charge in [0.25, 0.3) is 0 Å². The predicted octanol–water partition coefficient (Wildman–Crippen LogP) is 2.10. The molecular formula is C18H22N2O3. The Hall–Kier alpha value is -2.16. The van der Waals surface area contributed by atoms with E-state index in [0.29, 0.717) is 26.3 Å². The maximum absolute atomic E-state index is 12.1. The van der Waals surface area contributed by atoms with Gasteiger partial charge < -0.3 is 9.47 Å². The number of rotatable bonds is 6. The van der Waals surface area contributed by atoms with Crippen LogP contribution < -0.4 is 0 Å². The fourth-order valence-corrected chi connectivity index (χ4v) is 2.59. The molecule has 0 aromatic heterocycles. The van der Waals surface area contributed by atoms with Crippen molar-refractivity contribution in [1.29, 1.82) is 5.26 Å². The molecule has 5 nitrogen and oxygen atoms in total. The van der Waals surface area contributed by atoms with E-state index in [1.807, 2.05) is 42.5 Å². The van der Waals surface area contributed by atoms with Crippen LogP contribution in [0.2, 0.25) is 0 Å². The zero-order chi connectivity index (χ0) is 16.5. The van der Waals surface area contributed by atoms with Crippen LogP contribution in [-0.2, 0) is 14.3 Å². The van der Waals surface area contributed by atoms with E-state index in [1.54, 1.807) is 6.92 Å². The van der Waals surface area contributed by atoms with Gasteiger partial charge in [0.15, 0.2) is 5.92 Å². The summed E-state index contributed by atoms with van der Waals surface area (Å²) in [5, 5.41) is 9.48. The summed E-state index contributed by atoms with van der Waals surface area (Å²) >= 11 is 0. The molecule has 0 aliphatic carbocycles. The summed E-state index contributed by atoms with van der Waals surface area (Å²) in [6, 6.07) is 11.6. The van der Waals surface area contributed by atoms with Gasteiger partial charge in [0.2, 0.25) is 0 Å². The molecule has 0 saturated carbocycles. The summed E-state index contributed by atoms with van der Waals surface area (Å²) in [5.41, 5.74) is 1.03. The Labute approximate surface area is 137 Å². The van der Waals surface area contributed by atoms with Gasteiger partial charge in [-0.1, -0.05) is 42.5 Å². The topological polar surface area (TPSA) is 62.6 Å². The highest BCUT2D eigenvalue weighted by atomic mass is 16.5. The summed E-state index contributed by atoms with van der Waals surface area (Å²) in [7, 11) is 0. The molecule has 0 amide bonds. The van der Waals surface area contributed by atoms with Crippen molar-refractivity contribution in [1.82, 2.24) is 4.90 Å². The van der Waals surface area contributed by atoms with E-state index in [2.05, 4.69) is 11.0 Å². The standard InChI is InChI=1S/C18H22N2O3/c1-2-23-18(21)16(14-19)17(20-10-12-22-13-11-20)9-8-15-6-4-3-5-7-15/h3-9,16-17H,2,10-13H2,1H3/b9-8+/t16-,17+/m0/s1. The van der Waals surface area contributed by atoms with Crippen LogP contribution in [0.25, 0.3) is 6.08 Å². The Morgan fingerprint density at radius 1 is 1.39 bits per heavy atom. The molecule has 0 spiro atoms. The summed E-state index contributed by atoms with van der Waals surface area (Å²) in [6.07, 6.45) is 3.87. The second-order valence-corrected chi connectivity index (χ2v) is 5.27. The Morgan fingerprint density at radius 2 is 2.09 bits per heavy atom. The molecule has 1 aliphatic rings. The van der Waals surface area contributed by atoms with Crippen molar-refractivity contribution < 1.29 is 14.3 Å². The Morgan fingerprint density at radius 3 is 2.70 bits per heavy atom. The number of morpholine rings is 1. The van der Waals surface area contributed by atoms with E-state index in [1.165, 1.54) is 0 Å². The number of nitrogens with zero attached hydrogens (tertiary/aromatic N) is 2. The normalized spacial score (nSPS) is 18.3. The lowest BCUT2D eigenvalue weighted by molar-refractivity contribution is -0.148. The SMILES string of the molecule is CCOC(=O)[C@@H](C#N)[C@@H](/C=C/c1ccccc1)N1CCOCC1. The van der Waals surface area contributed by atoms with E-state index >= 15 is 0 Å². The number of hydrogen-bond donors (Lipinski definition) is 0. The van der Waals surface area contributed by atoms with Crippen LogP contribution in [0.1, 0.15) is 12.5 Å². The average Bonchev–Trinajstić information content (AvgIpc) is 2.60. The number of ether oxygens (including phenoxy) is 2. The Bertz CT molecular complexity index is 559. The van der Waals surface area contributed by atoms with Gasteiger partial charge in [0, 0.05) is 13.1 Å². The Kier molecular flexibility index (Phi) is 6.79. The van der Waals surface area contributed by atoms with Crippen LogP contribution >= 0.6 is 0 Å². The van der Waals surface area contributed by atoms with E-state index < -0.39 is 11.9 Å². The molecule has 1 saturated heterocycles. The first-order valence-electron chi connectivity index (χ1n) is 7.87. The minimum absolute atomic E-state index is 0.273. The molecule has 1 aromatic rings.